The van der Waals surface area contributed by atoms with Crippen LogP contribution in [0.5, 0.6) is 0 Å². The van der Waals surface area contributed by atoms with Gasteiger partial charge in [0.15, 0.2) is 0 Å². The van der Waals surface area contributed by atoms with Crippen LogP contribution in [-0.4, -0.2) is 18.9 Å². The highest BCUT2D eigenvalue weighted by Gasteiger charge is 2.18. The van der Waals surface area contributed by atoms with E-state index in [0.29, 0.717) is 0 Å². The fourth-order valence-electron chi connectivity index (χ4n) is 3.76. The molecule has 0 N–H and O–H groups in total. The first-order chi connectivity index (χ1) is 11.8. The summed E-state index contributed by atoms with van der Waals surface area (Å²) in [6.45, 7) is 0. The predicted molar refractivity (Wildman–Crippen MR) is 99.9 cm³/mol. The van der Waals surface area contributed by atoms with Gasteiger partial charge in [0.25, 0.3) is 0 Å². The topological polar surface area (TPSA) is 35.1 Å². The minimum absolute atomic E-state index is 0.979. The summed E-state index contributed by atoms with van der Waals surface area (Å²) in [7, 11) is 2.09. The Hall–Kier alpha value is -2.92. The minimum atomic E-state index is 0.979. The number of benzene rings is 2. The summed E-state index contributed by atoms with van der Waals surface area (Å²) in [5.41, 5.74) is 4.62. The van der Waals surface area contributed by atoms with E-state index in [2.05, 4.69) is 57.4 Å². The van der Waals surface area contributed by atoms with Crippen molar-refractivity contribution in [3.05, 3.63) is 54.9 Å². The Balaban J connectivity index is 2.03. The second-order valence-electron chi connectivity index (χ2n) is 6.08. The molecule has 0 fully saturated rings. The van der Waals surface area contributed by atoms with E-state index >= 15 is 0 Å². The summed E-state index contributed by atoms with van der Waals surface area (Å²) in [6, 6.07) is 14.9. The van der Waals surface area contributed by atoms with Crippen LogP contribution in [0.3, 0.4) is 0 Å². The van der Waals surface area contributed by atoms with Gasteiger partial charge >= 0.3 is 0 Å². The monoisotopic (exact) mass is 328 g/mol. The second-order valence-corrected chi connectivity index (χ2v) is 7.16. The maximum atomic E-state index is 4.84. The molecule has 0 saturated heterocycles. The van der Waals surface area contributed by atoms with Crippen LogP contribution in [0.15, 0.2) is 54.9 Å². The van der Waals surface area contributed by atoms with Crippen LogP contribution in [0, 0.1) is 0 Å². The number of hydrogen-bond donors (Lipinski definition) is 0. The Morgan fingerprint density at radius 1 is 0.958 bits per heavy atom. The Bertz CT molecular complexity index is 1420. The molecule has 114 valence electrons. The van der Waals surface area contributed by atoms with Gasteiger partial charge < -0.3 is 4.57 Å². The number of nitrogens with zero attached hydrogens (tertiary/aromatic N) is 4. The Morgan fingerprint density at radius 2 is 1.88 bits per heavy atom. The number of thiophene rings is 1. The lowest BCUT2D eigenvalue weighted by Crippen LogP contribution is -1.87. The zero-order chi connectivity index (χ0) is 15.8. The first-order valence-electron chi connectivity index (χ1n) is 7.84. The molecule has 0 atom stereocenters. The van der Waals surface area contributed by atoms with Crippen molar-refractivity contribution in [3.8, 4) is 0 Å². The molecule has 0 aliphatic carbocycles. The number of imidazole rings is 2. The van der Waals surface area contributed by atoms with E-state index in [1.807, 2.05) is 18.5 Å². The van der Waals surface area contributed by atoms with E-state index in [9.17, 15) is 0 Å². The molecule has 0 unspecified atom stereocenters. The van der Waals surface area contributed by atoms with E-state index in [1.54, 1.807) is 11.3 Å². The summed E-state index contributed by atoms with van der Waals surface area (Å²) in [5, 5.41) is 2.56. The van der Waals surface area contributed by atoms with Gasteiger partial charge in [0.05, 0.1) is 26.8 Å². The fourth-order valence-corrected chi connectivity index (χ4v) is 4.83. The third-order valence-corrected chi connectivity index (χ3v) is 5.93. The summed E-state index contributed by atoms with van der Waals surface area (Å²) >= 11 is 1.80. The number of pyridine rings is 1. The van der Waals surface area contributed by atoms with Crippen LogP contribution in [-0.2, 0) is 7.05 Å². The highest BCUT2D eigenvalue weighted by molar-refractivity contribution is 7.26. The van der Waals surface area contributed by atoms with Crippen molar-refractivity contribution in [1.29, 1.82) is 0 Å². The molecule has 6 rings (SSSR count). The molecule has 2 aromatic carbocycles. The maximum absolute atomic E-state index is 4.84. The number of hydrogen-bond acceptors (Lipinski definition) is 3. The number of aromatic nitrogens is 4. The SMILES string of the molecule is Cn1c2ccc3sc4cnccc4c3c2n2c3ccccc3nc12. The van der Waals surface area contributed by atoms with Crippen LogP contribution in [0.4, 0.5) is 0 Å². The van der Waals surface area contributed by atoms with E-state index < -0.39 is 0 Å². The van der Waals surface area contributed by atoms with Crippen molar-refractivity contribution < 1.29 is 0 Å². The van der Waals surface area contributed by atoms with Gasteiger partial charge in [-0.05, 0) is 30.3 Å². The third-order valence-electron chi connectivity index (χ3n) is 4.82. The number of fused-ring (bicyclic) bond motifs is 9. The van der Waals surface area contributed by atoms with Gasteiger partial charge in [-0.1, -0.05) is 12.1 Å². The van der Waals surface area contributed by atoms with Gasteiger partial charge in [-0.15, -0.1) is 11.3 Å². The van der Waals surface area contributed by atoms with Crippen LogP contribution in [0.1, 0.15) is 0 Å². The Kier molecular flexibility index (Phi) is 2.15. The molecule has 4 aromatic heterocycles. The molecule has 0 radical (unpaired) electrons. The van der Waals surface area contributed by atoms with E-state index in [4.69, 9.17) is 4.98 Å². The van der Waals surface area contributed by atoms with Gasteiger partial charge in [0, 0.05) is 34.9 Å². The maximum Gasteiger partial charge on any atom is 0.215 e. The van der Waals surface area contributed by atoms with Gasteiger partial charge in [0.2, 0.25) is 5.78 Å². The summed E-state index contributed by atoms with van der Waals surface area (Å²) in [6.07, 6.45) is 3.83. The van der Waals surface area contributed by atoms with Crippen molar-refractivity contribution in [1.82, 2.24) is 18.9 Å². The molecule has 0 aliphatic rings. The fraction of sp³-hybridized carbons (Fsp3) is 0.0526. The average Bonchev–Trinajstić information content (AvgIpc) is 3.25. The zero-order valence-corrected chi connectivity index (χ0v) is 13.7. The largest absolute Gasteiger partial charge is 0.313 e. The molecular formula is C19H12N4S. The number of para-hydroxylation sites is 2. The first kappa shape index (κ1) is 12.5. The smallest absolute Gasteiger partial charge is 0.215 e. The summed E-state index contributed by atoms with van der Waals surface area (Å²) in [4.78, 5) is 9.12. The van der Waals surface area contributed by atoms with Crippen molar-refractivity contribution in [2.75, 3.05) is 0 Å². The normalized spacial score (nSPS) is 12.4. The zero-order valence-electron chi connectivity index (χ0n) is 12.9. The van der Waals surface area contributed by atoms with Crippen LogP contribution in [0.25, 0.3) is 48.0 Å². The van der Waals surface area contributed by atoms with Crippen LogP contribution in [0.2, 0.25) is 0 Å². The number of aryl methyl sites for hydroxylation is 1. The molecule has 24 heavy (non-hydrogen) atoms. The lowest BCUT2D eigenvalue weighted by Gasteiger charge is -1.99. The Labute approximate surface area is 140 Å². The van der Waals surface area contributed by atoms with Crippen molar-refractivity contribution in [2.24, 2.45) is 7.05 Å². The highest BCUT2D eigenvalue weighted by Crippen LogP contribution is 2.39. The molecule has 0 aliphatic heterocycles. The second kappa shape index (κ2) is 4.13. The van der Waals surface area contributed by atoms with Gasteiger partial charge in [-0.3, -0.25) is 9.38 Å². The van der Waals surface area contributed by atoms with Crippen molar-refractivity contribution in [3.63, 3.8) is 0 Å². The molecule has 0 saturated carbocycles. The molecule has 4 heterocycles. The minimum Gasteiger partial charge on any atom is -0.313 e. The molecule has 5 heteroatoms. The predicted octanol–water partition coefficient (Wildman–Crippen LogP) is 4.74. The summed E-state index contributed by atoms with van der Waals surface area (Å²) in [5.74, 6) is 0.979. The Morgan fingerprint density at radius 3 is 2.83 bits per heavy atom. The molecule has 6 aromatic rings. The van der Waals surface area contributed by atoms with E-state index in [-0.39, 0.29) is 0 Å². The quantitative estimate of drug-likeness (QED) is 0.403. The van der Waals surface area contributed by atoms with Crippen molar-refractivity contribution in [2.45, 2.75) is 0 Å². The van der Waals surface area contributed by atoms with Gasteiger partial charge in [-0.2, -0.15) is 0 Å². The lowest BCUT2D eigenvalue weighted by atomic mass is 10.1. The third kappa shape index (κ3) is 1.35. The van der Waals surface area contributed by atoms with Crippen molar-refractivity contribution >= 4 is 59.4 Å². The van der Waals surface area contributed by atoms with Gasteiger partial charge in [-0.25, -0.2) is 4.98 Å². The number of rotatable bonds is 0. The first-order valence-corrected chi connectivity index (χ1v) is 8.65. The highest BCUT2D eigenvalue weighted by atomic mass is 32.1. The van der Waals surface area contributed by atoms with Crippen LogP contribution < -0.4 is 0 Å². The average molecular weight is 328 g/mol. The van der Waals surface area contributed by atoms with Crippen LogP contribution >= 0.6 is 11.3 Å². The standard InChI is InChI=1S/C19H12N4S/c1-22-14-6-7-15-17(11-8-9-20-10-16(11)24-15)18(14)23-13-5-3-2-4-12(13)21-19(22)23/h2-10H,1H3. The lowest BCUT2D eigenvalue weighted by molar-refractivity contribution is 0.974. The van der Waals surface area contributed by atoms with E-state index in [0.717, 1.165) is 16.8 Å². The van der Waals surface area contributed by atoms with Gasteiger partial charge in [0.1, 0.15) is 0 Å². The molecular weight excluding hydrogens is 316 g/mol. The molecule has 0 spiro atoms. The molecule has 0 amide bonds. The molecule has 0 bridgehead atoms. The molecule has 4 nitrogen and oxygen atoms in total. The summed E-state index contributed by atoms with van der Waals surface area (Å²) < 4.78 is 6.98. The van der Waals surface area contributed by atoms with E-state index in [1.165, 1.54) is 31.2 Å².